The second-order valence-electron chi connectivity index (χ2n) is 5.04. The Balaban J connectivity index is 1.82. The highest BCUT2D eigenvalue weighted by atomic mass is 32.2. The van der Waals surface area contributed by atoms with Gasteiger partial charge < -0.3 is 10.1 Å². The molecule has 0 spiro atoms. The highest BCUT2D eigenvalue weighted by molar-refractivity contribution is 7.89. The third-order valence-electron chi connectivity index (χ3n) is 3.76. The second-order valence-corrected chi connectivity index (χ2v) is 6.98. The van der Waals surface area contributed by atoms with Crippen LogP contribution in [-0.2, 0) is 14.8 Å². The van der Waals surface area contributed by atoms with Crippen LogP contribution in [0.4, 0.5) is 5.69 Å². The number of nitrogens with one attached hydrogen (secondary N) is 1. The smallest absolute Gasteiger partial charge is 0.269 e. The summed E-state index contributed by atoms with van der Waals surface area (Å²) in [5, 5.41) is 13.8. The van der Waals surface area contributed by atoms with Crippen molar-refractivity contribution in [2.75, 3.05) is 26.2 Å². The minimum absolute atomic E-state index is 0.00609. The molecule has 2 aliphatic heterocycles. The third kappa shape index (κ3) is 2.64. The van der Waals surface area contributed by atoms with E-state index in [1.807, 2.05) is 0 Å². The molecule has 21 heavy (non-hydrogen) atoms. The maximum absolute atomic E-state index is 12.5. The van der Waals surface area contributed by atoms with Crippen LogP contribution in [0.5, 0.6) is 0 Å². The predicted octanol–water partition coefficient (Wildman–Crippen LogP) is -0.0439. The molecule has 0 radical (unpaired) electrons. The minimum atomic E-state index is -3.65. The number of ether oxygens (including phenoxy) is 1. The minimum Gasteiger partial charge on any atom is -0.374 e. The van der Waals surface area contributed by atoms with Crippen LogP contribution in [0.2, 0.25) is 0 Å². The first kappa shape index (κ1) is 14.4. The standard InChI is InChI=1S/C12H15N3O5S/c16-15(17)9-1-3-10(4-2-9)21(18,19)14-7-11-12(8-14)20-6-5-13-11/h1-4,11-13H,5-8H2. The Labute approximate surface area is 121 Å². The largest absolute Gasteiger partial charge is 0.374 e. The Hall–Kier alpha value is -1.55. The molecule has 114 valence electrons. The van der Waals surface area contributed by atoms with Crippen LogP contribution in [-0.4, -0.2) is 56.0 Å². The van der Waals surface area contributed by atoms with Crippen molar-refractivity contribution in [1.29, 1.82) is 0 Å². The van der Waals surface area contributed by atoms with E-state index in [-0.39, 0.29) is 22.7 Å². The van der Waals surface area contributed by atoms with Crippen molar-refractivity contribution in [3.8, 4) is 0 Å². The zero-order chi connectivity index (χ0) is 15.0. The van der Waals surface area contributed by atoms with E-state index < -0.39 is 14.9 Å². The number of sulfonamides is 1. The van der Waals surface area contributed by atoms with Crippen LogP contribution in [0.1, 0.15) is 0 Å². The van der Waals surface area contributed by atoms with Gasteiger partial charge in [0.25, 0.3) is 5.69 Å². The first-order valence-corrected chi connectivity index (χ1v) is 8.02. The highest BCUT2D eigenvalue weighted by Crippen LogP contribution is 2.25. The van der Waals surface area contributed by atoms with Gasteiger partial charge in [0.05, 0.1) is 22.5 Å². The van der Waals surface area contributed by atoms with Crippen LogP contribution in [0.15, 0.2) is 29.2 Å². The lowest BCUT2D eigenvalue weighted by molar-refractivity contribution is -0.384. The Morgan fingerprint density at radius 3 is 2.62 bits per heavy atom. The topological polar surface area (TPSA) is 102 Å². The molecule has 0 bridgehead atoms. The molecule has 8 nitrogen and oxygen atoms in total. The van der Waals surface area contributed by atoms with E-state index in [2.05, 4.69) is 5.32 Å². The second kappa shape index (κ2) is 5.34. The molecular formula is C12H15N3O5S. The fraction of sp³-hybridized carbons (Fsp3) is 0.500. The lowest BCUT2D eigenvalue weighted by Crippen LogP contribution is -2.47. The van der Waals surface area contributed by atoms with Gasteiger partial charge in [-0.3, -0.25) is 10.1 Å². The lowest BCUT2D eigenvalue weighted by Gasteiger charge is -2.25. The summed E-state index contributed by atoms with van der Waals surface area (Å²) in [5.74, 6) is 0. The molecular weight excluding hydrogens is 298 g/mol. The van der Waals surface area contributed by atoms with Gasteiger partial charge in [0.15, 0.2) is 0 Å². The van der Waals surface area contributed by atoms with Crippen molar-refractivity contribution in [3.05, 3.63) is 34.4 Å². The van der Waals surface area contributed by atoms with Crippen molar-refractivity contribution in [2.45, 2.75) is 17.0 Å². The van der Waals surface area contributed by atoms with E-state index in [9.17, 15) is 18.5 Å². The van der Waals surface area contributed by atoms with E-state index >= 15 is 0 Å². The number of hydrogen-bond acceptors (Lipinski definition) is 6. The Bertz CT molecular complexity index is 631. The number of morpholine rings is 1. The van der Waals surface area contributed by atoms with Crippen molar-refractivity contribution < 1.29 is 18.1 Å². The molecule has 1 N–H and O–H groups in total. The molecule has 2 aliphatic rings. The van der Waals surface area contributed by atoms with Gasteiger partial charge in [-0.25, -0.2) is 8.42 Å². The molecule has 9 heteroatoms. The number of fused-ring (bicyclic) bond motifs is 1. The van der Waals surface area contributed by atoms with Gasteiger partial charge in [-0.15, -0.1) is 0 Å². The zero-order valence-corrected chi connectivity index (χ0v) is 12.0. The van der Waals surface area contributed by atoms with Crippen LogP contribution in [0.3, 0.4) is 0 Å². The van der Waals surface area contributed by atoms with Crippen LogP contribution >= 0.6 is 0 Å². The summed E-state index contributed by atoms with van der Waals surface area (Å²) in [6.07, 6.45) is -0.133. The summed E-state index contributed by atoms with van der Waals surface area (Å²) in [4.78, 5) is 10.1. The average molecular weight is 313 g/mol. The molecule has 2 saturated heterocycles. The Morgan fingerprint density at radius 2 is 2.00 bits per heavy atom. The quantitative estimate of drug-likeness (QED) is 0.620. The Kier molecular flexibility index (Phi) is 3.66. The first-order chi connectivity index (χ1) is 9.98. The summed E-state index contributed by atoms with van der Waals surface area (Å²) in [7, 11) is -3.65. The number of rotatable bonds is 3. The maximum atomic E-state index is 12.5. The van der Waals surface area contributed by atoms with Gasteiger partial charge in [-0.1, -0.05) is 0 Å². The number of nitro groups is 1. The van der Waals surface area contributed by atoms with E-state index in [4.69, 9.17) is 4.74 Å². The van der Waals surface area contributed by atoms with Crippen molar-refractivity contribution >= 4 is 15.7 Å². The number of hydrogen-bond donors (Lipinski definition) is 1. The number of benzene rings is 1. The molecule has 0 aromatic heterocycles. The summed E-state index contributed by atoms with van der Waals surface area (Å²) in [6, 6.07) is 4.94. The van der Waals surface area contributed by atoms with Crippen molar-refractivity contribution in [3.63, 3.8) is 0 Å². The lowest BCUT2D eigenvalue weighted by atomic mass is 10.2. The fourth-order valence-corrected chi connectivity index (χ4v) is 4.12. The average Bonchev–Trinajstić information content (AvgIpc) is 2.92. The van der Waals surface area contributed by atoms with Gasteiger partial charge in [-0.2, -0.15) is 4.31 Å². The maximum Gasteiger partial charge on any atom is 0.269 e. The normalized spacial score (nSPS) is 26.5. The first-order valence-electron chi connectivity index (χ1n) is 6.58. The molecule has 1 aromatic rings. The van der Waals surface area contributed by atoms with Crippen molar-refractivity contribution in [2.24, 2.45) is 0 Å². The Morgan fingerprint density at radius 1 is 1.29 bits per heavy atom. The SMILES string of the molecule is O=[N+]([O-])c1ccc(S(=O)(=O)N2CC3NCCOC3C2)cc1. The summed E-state index contributed by atoms with van der Waals surface area (Å²) in [6.45, 7) is 1.94. The molecule has 2 atom stereocenters. The van der Waals surface area contributed by atoms with E-state index in [0.717, 1.165) is 0 Å². The summed E-state index contributed by atoms with van der Waals surface area (Å²) >= 11 is 0. The van der Waals surface area contributed by atoms with Gasteiger partial charge in [0, 0.05) is 37.8 Å². The number of nitrogens with zero attached hydrogens (tertiary/aromatic N) is 2. The molecule has 2 fully saturated rings. The number of nitro benzene ring substituents is 1. The van der Waals surface area contributed by atoms with Gasteiger partial charge in [0.1, 0.15) is 0 Å². The molecule has 2 heterocycles. The highest BCUT2D eigenvalue weighted by Gasteiger charge is 2.41. The molecule has 0 amide bonds. The van der Waals surface area contributed by atoms with E-state index in [0.29, 0.717) is 26.2 Å². The molecule has 3 rings (SSSR count). The van der Waals surface area contributed by atoms with Crippen LogP contribution in [0.25, 0.3) is 0 Å². The van der Waals surface area contributed by atoms with E-state index in [1.165, 1.54) is 28.6 Å². The van der Waals surface area contributed by atoms with E-state index in [1.54, 1.807) is 0 Å². The molecule has 1 aromatic carbocycles. The zero-order valence-electron chi connectivity index (χ0n) is 11.1. The van der Waals surface area contributed by atoms with Gasteiger partial charge in [0.2, 0.25) is 10.0 Å². The van der Waals surface area contributed by atoms with Crippen molar-refractivity contribution in [1.82, 2.24) is 9.62 Å². The molecule has 2 unspecified atom stereocenters. The molecule has 0 saturated carbocycles. The van der Waals surface area contributed by atoms with Gasteiger partial charge >= 0.3 is 0 Å². The predicted molar refractivity (Wildman–Crippen MR) is 73.4 cm³/mol. The summed E-state index contributed by atoms with van der Waals surface area (Å²) < 4.78 is 32.0. The fourth-order valence-electron chi connectivity index (χ4n) is 2.64. The summed E-state index contributed by atoms with van der Waals surface area (Å²) in [5.41, 5.74) is -0.131. The molecule has 0 aliphatic carbocycles. The van der Waals surface area contributed by atoms with Gasteiger partial charge in [-0.05, 0) is 12.1 Å². The van der Waals surface area contributed by atoms with Crippen LogP contribution < -0.4 is 5.32 Å². The van der Waals surface area contributed by atoms with Crippen LogP contribution in [0, 0.1) is 10.1 Å². The monoisotopic (exact) mass is 313 g/mol. The number of non-ortho nitro benzene ring substituents is 1. The third-order valence-corrected chi connectivity index (χ3v) is 5.60.